The van der Waals surface area contributed by atoms with Crippen molar-refractivity contribution >= 4 is 11.5 Å². The van der Waals surface area contributed by atoms with Gasteiger partial charge in [0.1, 0.15) is 5.82 Å². The number of benzene rings is 1. The molecule has 3 nitrogen and oxygen atoms in total. The number of nitrogen functional groups attached to an aromatic ring is 1. The molecule has 2 aromatic rings. The van der Waals surface area contributed by atoms with Crippen molar-refractivity contribution in [2.45, 2.75) is 25.8 Å². The van der Waals surface area contributed by atoms with Crippen molar-refractivity contribution in [2.75, 3.05) is 11.1 Å². The van der Waals surface area contributed by atoms with Gasteiger partial charge >= 0.3 is 0 Å². The van der Waals surface area contributed by atoms with Crippen LogP contribution in [0.1, 0.15) is 16.7 Å². The van der Waals surface area contributed by atoms with Crippen LogP contribution in [0.4, 0.5) is 11.5 Å². The Balaban J connectivity index is 1.76. The van der Waals surface area contributed by atoms with E-state index in [1.807, 2.05) is 19.2 Å². The van der Waals surface area contributed by atoms with Crippen LogP contribution in [-0.4, -0.2) is 11.0 Å². The van der Waals surface area contributed by atoms with Gasteiger partial charge in [0.2, 0.25) is 0 Å². The second kappa shape index (κ2) is 4.33. The third-order valence-electron chi connectivity index (χ3n) is 3.45. The highest BCUT2D eigenvalue weighted by molar-refractivity contribution is 5.62. The number of nitrogens with one attached hydrogen (secondary N) is 1. The standard InChI is InChI=1S/C15H17N3/c1-10-6-14(16)15(17-9-10)18-13-7-11-4-2-3-5-12(11)8-13/h2-6,9,13H,7-8,16H2,1H3,(H,17,18). The minimum atomic E-state index is 0.403. The van der Waals surface area contributed by atoms with Gasteiger partial charge in [0, 0.05) is 12.2 Å². The average molecular weight is 239 g/mol. The molecule has 0 atom stereocenters. The lowest BCUT2D eigenvalue weighted by Crippen LogP contribution is -2.21. The van der Waals surface area contributed by atoms with Crippen molar-refractivity contribution in [1.29, 1.82) is 0 Å². The number of anilines is 2. The van der Waals surface area contributed by atoms with Gasteiger partial charge in [-0.3, -0.25) is 0 Å². The topological polar surface area (TPSA) is 50.9 Å². The van der Waals surface area contributed by atoms with Crippen molar-refractivity contribution in [3.63, 3.8) is 0 Å². The summed E-state index contributed by atoms with van der Waals surface area (Å²) >= 11 is 0. The fourth-order valence-electron chi connectivity index (χ4n) is 2.57. The number of nitrogens with two attached hydrogens (primary N) is 1. The van der Waals surface area contributed by atoms with Crippen LogP contribution in [0.25, 0.3) is 0 Å². The summed E-state index contributed by atoms with van der Waals surface area (Å²) in [6, 6.07) is 10.9. The third kappa shape index (κ3) is 2.04. The molecule has 1 aliphatic carbocycles. The van der Waals surface area contributed by atoms with Crippen LogP contribution >= 0.6 is 0 Å². The monoisotopic (exact) mass is 239 g/mol. The highest BCUT2D eigenvalue weighted by Crippen LogP contribution is 2.25. The molecular weight excluding hydrogens is 222 g/mol. The first-order valence-corrected chi connectivity index (χ1v) is 6.28. The number of fused-ring (bicyclic) bond motifs is 1. The molecule has 0 aliphatic heterocycles. The number of hydrogen-bond donors (Lipinski definition) is 2. The highest BCUT2D eigenvalue weighted by atomic mass is 15.0. The zero-order valence-corrected chi connectivity index (χ0v) is 10.5. The maximum absolute atomic E-state index is 5.98. The predicted octanol–water partition coefficient (Wildman–Crippen LogP) is 2.55. The van der Waals surface area contributed by atoms with Crippen molar-refractivity contribution in [3.8, 4) is 0 Å². The van der Waals surface area contributed by atoms with E-state index in [1.165, 1.54) is 11.1 Å². The van der Waals surface area contributed by atoms with Crippen LogP contribution in [0, 0.1) is 6.92 Å². The summed E-state index contributed by atoms with van der Waals surface area (Å²) in [4.78, 5) is 4.37. The Morgan fingerprint density at radius 3 is 2.50 bits per heavy atom. The molecule has 3 rings (SSSR count). The molecule has 0 bridgehead atoms. The summed E-state index contributed by atoms with van der Waals surface area (Å²) in [7, 11) is 0. The zero-order chi connectivity index (χ0) is 12.5. The molecule has 1 aromatic heterocycles. The van der Waals surface area contributed by atoms with Crippen LogP contribution < -0.4 is 11.1 Å². The molecule has 0 radical (unpaired) electrons. The fraction of sp³-hybridized carbons (Fsp3) is 0.267. The van der Waals surface area contributed by atoms with Gasteiger partial charge in [-0.25, -0.2) is 4.98 Å². The molecule has 0 unspecified atom stereocenters. The summed E-state index contributed by atoms with van der Waals surface area (Å²) in [6.45, 7) is 2.00. The second-order valence-corrected chi connectivity index (χ2v) is 4.97. The minimum Gasteiger partial charge on any atom is -0.396 e. The van der Waals surface area contributed by atoms with Crippen LogP contribution in [0.15, 0.2) is 36.5 Å². The Hall–Kier alpha value is -2.03. The molecule has 3 N–H and O–H groups in total. The van der Waals surface area contributed by atoms with Crippen molar-refractivity contribution in [1.82, 2.24) is 4.98 Å². The lowest BCUT2D eigenvalue weighted by Gasteiger charge is -2.14. The van der Waals surface area contributed by atoms with Crippen molar-refractivity contribution in [3.05, 3.63) is 53.2 Å². The summed E-state index contributed by atoms with van der Waals surface area (Å²) in [5, 5.41) is 3.45. The lowest BCUT2D eigenvalue weighted by molar-refractivity contribution is 0.769. The number of pyridine rings is 1. The van der Waals surface area contributed by atoms with Gasteiger partial charge in [-0.2, -0.15) is 0 Å². The van der Waals surface area contributed by atoms with E-state index in [0.717, 1.165) is 29.9 Å². The maximum Gasteiger partial charge on any atom is 0.149 e. The summed E-state index contributed by atoms with van der Waals surface area (Å²) < 4.78 is 0. The molecule has 0 saturated heterocycles. The summed E-state index contributed by atoms with van der Waals surface area (Å²) in [5.41, 5.74) is 10.7. The molecule has 0 saturated carbocycles. The van der Waals surface area contributed by atoms with E-state index in [9.17, 15) is 0 Å². The van der Waals surface area contributed by atoms with Crippen LogP contribution in [-0.2, 0) is 12.8 Å². The van der Waals surface area contributed by atoms with E-state index in [0.29, 0.717) is 6.04 Å². The Bertz CT molecular complexity index is 553. The smallest absolute Gasteiger partial charge is 0.149 e. The quantitative estimate of drug-likeness (QED) is 0.846. The molecule has 0 fully saturated rings. The van der Waals surface area contributed by atoms with E-state index in [2.05, 4.69) is 34.6 Å². The first-order chi connectivity index (χ1) is 8.72. The molecule has 1 aromatic carbocycles. The maximum atomic E-state index is 5.98. The van der Waals surface area contributed by atoms with Gasteiger partial charge in [0.25, 0.3) is 0 Å². The Morgan fingerprint density at radius 2 is 1.89 bits per heavy atom. The number of aryl methyl sites for hydroxylation is 1. The molecule has 0 amide bonds. The van der Waals surface area contributed by atoms with Gasteiger partial charge in [0.05, 0.1) is 5.69 Å². The molecule has 3 heteroatoms. The molecule has 1 heterocycles. The van der Waals surface area contributed by atoms with Gasteiger partial charge in [0.15, 0.2) is 0 Å². The van der Waals surface area contributed by atoms with E-state index in [-0.39, 0.29) is 0 Å². The number of hydrogen-bond acceptors (Lipinski definition) is 3. The predicted molar refractivity (Wildman–Crippen MR) is 74.6 cm³/mol. The average Bonchev–Trinajstić information content (AvgIpc) is 2.75. The van der Waals surface area contributed by atoms with Crippen LogP contribution in [0.2, 0.25) is 0 Å². The Labute approximate surface area is 107 Å². The third-order valence-corrected chi connectivity index (χ3v) is 3.45. The van der Waals surface area contributed by atoms with Gasteiger partial charge in [-0.05, 0) is 42.5 Å². The first-order valence-electron chi connectivity index (χ1n) is 6.28. The van der Waals surface area contributed by atoms with E-state index in [1.54, 1.807) is 0 Å². The largest absolute Gasteiger partial charge is 0.396 e. The highest BCUT2D eigenvalue weighted by Gasteiger charge is 2.21. The number of nitrogens with zero attached hydrogens (tertiary/aromatic N) is 1. The Kier molecular flexibility index (Phi) is 2.67. The van der Waals surface area contributed by atoms with Crippen molar-refractivity contribution < 1.29 is 0 Å². The van der Waals surface area contributed by atoms with E-state index < -0.39 is 0 Å². The summed E-state index contributed by atoms with van der Waals surface area (Å²) in [6.07, 6.45) is 3.94. The fourth-order valence-corrected chi connectivity index (χ4v) is 2.57. The zero-order valence-electron chi connectivity index (χ0n) is 10.5. The normalized spacial score (nSPS) is 14.5. The SMILES string of the molecule is Cc1cnc(NC2Cc3ccccc3C2)c(N)c1. The minimum absolute atomic E-state index is 0.403. The second-order valence-electron chi connectivity index (χ2n) is 4.97. The molecule has 1 aliphatic rings. The van der Waals surface area contributed by atoms with Crippen LogP contribution in [0.5, 0.6) is 0 Å². The molecule has 92 valence electrons. The Morgan fingerprint density at radius 1 is 1.22 bits per heavy atom. The molecule has 18 heavy (non-hydrogen) atoms. The number of rotatable bonds is 2. The van der Waals surface area contributed by atoms with Gasteiger partial charge < -0.3 is 11.1 Å². The van der Waals surface area contributed by atoms with Crippen LogP contribution in [0.3, 0.4) is 0 Å². The van der Waals surface area contributed by atoms with Gasteiger partial charge in [-0.15, -0.1) is 0 Å². The van der Waals surface area contributed by atoms with E-state index >= 15 is 0 Å². The molecule has 0 spiro atoms. The number of aromatic nitrogens is 1. The summed E-state index contributed by atoms with van der Waals surface area (Å²) in [5.74, 6) is 0.804. The van der Waals surface area contributed by atoms with Crippen molar-refractivity contribution in [2.24, 2.45) is 0 Å². The lowest BCUT2D eigenvalue weighted by atomic mass is 10.1. The first kappa shape index (κ1) is 11.1. The van der Waals surface area contributed by atoms with Gasteiger partial charge in [-0.1, -0.05) is 24.3 Å². The van der Waals surface area contributed by atoms with E-state index in [4.69, 9.17) is 5.73 Å². The molecular formula is C15H17N3.